The smallest absolute Gasteiger partial charge is 0.276 e. The summed E-state index contributed by atoms with van der Waals surface area (Å²) in [7, 11) is 0. The van der Waals surface area contributed by atoms with Crippen LogP contribution in [-0.4, -0.2) is 42.0 Å². The molecule has 7 nitrogen and oxygen atoms in total. The fourth-order valence-corrected chi connectivity index (χ4v) is 3.88. The Bertz CT molecular complexity index is 1230. The molecule has 32 heavy (non-hydrogen) atoms. The average molecular weight is 449 g/mol. The first kappa shape index (κ1) is 20.4. The van der Waals surface area contributed by atoms with E-state index in [1.807, 2.05) is 42.5 Å². The lowest BCUT2D eigenvalue weighted by Gasteiger charge is -2.29. The van der Waals surface area contributed by atoms with Gasteiger partial charge in [0.05, 0.1) is 25.2 Å². The van der Waals surface area contributed by atoms with Gasteiger partial charge in [-0.25, -0.2) is 4.68 Å². The van der Waals surface area contributed by atoms with Gasteiger partial charge >= 0.3 is 0 Å². The number of amides is 1. The Hall–Kier alpha value is -3.55. The van der Waals surface area contributed by atoms with Crippen LogP contribution in [0.5, 0.6) is 0 Å². The summed E-state index contributed by atoms with van der Waals surface area (Å²) in [6, 6.07) is 20.4. The van der Waals surface area contributed by atoms with Gasteiger partial charge in [-0.1, -0.05) is 23.7 Å². The molecule has 1 aliphatic heterocycles. The molecule has 0 radical (unpaired) electrons. The molecular weight excluding hydrogens is 428 g/mol. The molecule has 1 N–H and O–H groups in total. The van der Waals surface area contributed by atoms with Gasteiger partial charge in [-0.3, -0.25) is 4.79 Å². The maximum Gasteiger partial charge on any atom is 0.276 e. The van der Waals surface area contributed by atoms with E-state index in [1.165, 1.54) is 0 Å². The van der Waals surface area contributed by atoms with Crippen LogP contribution in [0.2, 0.25) is 5.02 Å². The van der Waals surface area contributed by atoms with Gasteiger partial charge in [-0.15, -0.1) is 0 Å². The van der Waals surface area contributed by atoms with Crippen LogP contribution in [-0.2, 0) is 4.74 Å². The third-order valence-corrected chi connectivity index (χ3v) is 5.48. The monoisotopic (exact) mass is 448 g/mol. The summed E-state index contributed by atoms with van der Waals surface area (Å²) in [5.74, 6) is 0.295. The highest BCUT2D eigenvalue weighted by atomic mass is 35.5. The third-order valence-electron chi connectivity index (χ3n) is 5.25. The van der Waals surface area contributed by atoms with E-state index in [0.29, 0.717) is 35.4 Å². The number of morpholine rings is 1. The van der Waals surface area contributed by atoms with Crippen LogP contribution >= 0.6 is 11.6 Å². The Kier molecular flexibility index (Phi) is 5.66. The Morgan fingerprint density at radius 2 is 1.78 bits per heavy atom. The maximum absolute atomic E-state index is 13.1. The van der Waals surface area contributed by atoms with Crippen LogP contribution in [0.3, 0.4) is 0 Å². The minimum absolute atomic E-state index is 0.271. The topological polar surface area (TPSA) is 72.5 Å². The molecule has 1 saturated heterocycles. The van der Waals surface area contributed by atoms with E-state index in [9.17, 15) is 4.79 Å². The second kappa shape index (κ2) is 8.90. The number of halogens is 1. The number of aromatic nitrogens is 2. The molecule has 0 atom stereocenters. The minimum Gasteiger partial charge on any atom is -0.463 e. The van der Waals surface area contributed by atoms with Gasteiger partial charge < -0.3 is 19.4 Å². The molecule has 0 aliphatic carbocycles. The van der Waals surface area contributed by atoms with Crippen molar-refractivity contribution in [2.75, 3.05) is 36.5 Å². The standard InChI is InChI=1S/C24H21ClN4O3/c25-17-4-1-7-20(14-17)29-22(23-8-3-11-32-23)16-21(27-29)24(30)26-18-5-2-6-19(15-18)28-9-12-31-13-10-28/h1-8,11,14-16H,9-10,12-13H2,(H,26,30). The van der Waals surface area contributed by atoms with Crippen molar-refractivity contribution in [2.45, 2.75) is 0 Å². The maximum atomic E-state index is 13.1. The van der Waals surface area contributed by atoms with Crippen molar-refractivity contribution in [3.8, 4) is 17.1 Å². The molecule has 5 rings (SSSR count). The molecule has 1 amide bonds. The SMILES string of the molecule is O=C(Nc1cccc(N2CCOCC2)c1)c1cc(-c2ccco2)n(-c2cccc(Cl)c2)n1. The van der Waals surface area contributed by atoms with E-state index in [4.69, 9.17) is 20.8 Å². The second-order valence-corrected chi connectivity index (χ2v) is 7.82. The van der Waals surface area contributed by atoms with Gasteiger partial charge in [0.25, 0.3) is 5.91 Å². The molecule has 1 fully saturated rings. The zero-order valence-electron chi connectivity index (χ0n) is 17.2. The van der Waals surface area contributed by atoms with Gasteiger partial charge in [-0.2, -0.15) is 5.10 Å². The van der Waals surface area contributed by atoms with E-state index in [0.717, 1.165) is 24.5 Å². The van der Waals surface area contributed by atoms with Crippen molar-refractivity contribution in [3.05, 3.63) is 83.7 Å². The predicted molar refractivity (Wildman–Crippen MR) is 124 cm³/mol. The molecular formula is C24H21ClN4O3. The largest absolute Gasteiger partial charge is 0.463 e. The molecule has 0 unspecified atom stereocenters. The molecule has 0 bridgehead atoms. The molecule has 2 aromatic heterocycles. The number of nitrogens with zero attached hydrogens (tertiary/aromatic N) is 3. The van der Waals surface area contributed by atoms with Crippen molar-refractivity contribution >= 4 is 28.9 Å². The number of ether oxygens (including phenoxy) is 1. The molecule has 8 heteroatoms. The highest BCUT2D eigenvalue weighted by Crippen LogP contribution is 2.27. The van der Waals surface area contributed by atoms with Crippen LogP contribution in [0.25, 0.3) is 17.1 Å². The van der Waals surface area contributed by atoms with E-state index in [1.54, 1.807) is 35.2 Å². The molecule has 2 aromatic carbocycles. The quantitative estimate of drug-likeness (QED) is 0.471. The number of rotatable bonds is 5. The van der Waals surface area contributed by atoms with Gasteiger partial charge in [0.1, 0.15) is 5.69 Å². The van der Waals surface area contributed by atoms with Crippen LogP contribution in [0.4, 0.5) is 11.4 Å². The van der Waals surface area contributed by atoms with Crippen LogP contribution < -0.4 is 10.2 Å². The van der Waals surface area contributed by atoms with Gasteiger partial charge in [0.2, 0.25) is 0 Å². The number of furan rings is 1. The molecule has 0 saturated carbocycles. The average Bonchev–Trinajstić information content (AvgIpc) is 3.50. The molecule has 3 heterocycles. The zero-order valence-corrected chi connectivity index (χ0v) is 18.0. The van der Waals surface area contributed by atoms with E-state index < -0.39 is 0 Å². The summed E-state index contributed by atoms with van der Waals surface area (Å²) >= 11 is 6.17. The van der Waals surface area contributed by atoms with Gasteiger partial charge in [0, 0.05) is 35.6 Å². The molecule has 1 aliphatic rings. The van der Waals surface area contributed by atoms with Gasteiger partial charge in [-0.05, 0) is 48.5 Å². The van der Waals surface area contributed by atoms with Crippen molar-refractivity contribution in [3.63, 3.8) is 0 Å². The molecule has 162 valence electrons. The normalized spacial score (nSPS) is 13.8. The van der Waals surface area contributed by atoms with E-state index in [2.05, 4.69) is 15.3 Å². The highest BCUT2D eigenvalue weighted by molar-refractivity contribution is 6.30. The lowest BCUT2D eigenvalue weighted by Crippen LogP contribution is -2.36. The second-order valence-electron chi connectivity index (χ2n) is 7.39. The Labute approximate surface area is 190 Å². The lowest BCUT2D eigenvalue weighted by atomic mass is 10.2. The van der Waals surface area contributed by atoms with E-state index in [-0.39, 0.29) is 11.6 Å². The number of nitrogens with one attached hydrogen (secondary N) is 1. The van der Waals surface area contributed by atoms with Crippen LogP contribution in [0, 0.1) is 0 Å². The summed E-state index contributed by atoms with van der Waals surface area (Å²) in [6.07, 6.45) is 1.58. The number of carbonyl (C=O) groups excluding carboxylic acids is 1. The number of anilines is 2. The van der Waals surface area contributed by atoms with Crippen molar-refractivity contribution in [1.29, 1.82) is 0 Å². The van der Waals surface area contributed by atoms with E-state index >= 15 is 0 Å². The summed E-state index contributed by atoms with van der Waals surface area (Å²) < 4.78 is 12.6. The van der Waals surface area contributed by atoms with Crippen molar-refractivity contribution < 1.29 is 13.9 Å². The summed E-state index contributed by atoms with van der Waals surface area (Å²) in [4.78, 5) is 15.3. The lowest BCUT2D eigenvalue weighted by molar-refractivity contribution is 0.102. The van der Waals surface area contributed by atoms with Crippen LogP contribution in [0.1, 0.15) is 10.5 Å². The Balaban J connectivity index is 1.44. The first-order chi connectivity index (χ1) is 15.7. The fourth-order valence-electron chi connectivity index (χ4n) is 3.69. The van der Waals surface area contributed by atoms with Crippen molar-refractivity contribution in [1.82, 2.24) is 9.78 Å². The summed E-state index contributed by atoms with van der Waals surface area (Å²) in [5, 5.41) is 8.08. The number of benzene rings is 2. The number of hydrogen-bond acceptors (Lipinski definition) is 5. The van der Waals surface area contributed by atoms with Gasteiger partial charge in [0.15, 0.2) is 11.5 Å². The third kappa shape index (κ3) is 4.26. The first-order valence-electron chi connectivity index (χ1n) is 10.3. The first-order valence-corrected chi connectivity index (χ1v) is 10.7. The fraction of sp³-hybridized carbons (Fsp3) is 0.167. The number of hydrogen-bond donors (Lipinski definition) is 1. The predicted octanol–water partition coefficient (Wildman–Crippen LogP) is 4.87. The van der Waals surface area contributed by atoms with Crippen molar-refractivity contribution in [2.24, 2.45) is 0 Å². The van der Waals surface area contributed by atoms with Crippen LogP contribution in [0.15, 0.2) is 77.4 Å². The number of carbonyl (C=O) groups is 1. The Morgan fingerprint density at radius 1 is 0.969 bits per heavy atom. The Morgan fingerprint density at radius 3 is 2.56 bits per heavy atom. The minimum atomic E-state index is -0.308. The summed E-state index contributed by atoms with van der Waals surface area (Å²) in [6.45, 7) is 3.06. The zero-order chi connectivity index (χ0) is 21.9. The molecule has 4 aromatic rings. The molecule has 0 spiro atoms. The highest BCUT2D eigenvalue weighted by Gasteiger charge is 2.19. The summed E-state index contributed by atoms with van der Waals surface area (Å²) in [5.41, 5.74) is 3.41.